The SMILES string of the molecule is COc1ccc(-c2nnn([C@@H]3C[C@H]4C(=O)N[C@]5(C(=O)O)C[C@@H]5/C=C\CCCCC[C@H](NC(=O)OC(C)(C)C)C(=O)N4C3)n2)c2ccccc12. The second kappa shape index (κ2) is 13.5. The van der Waals surface area contributed by atoms with Crippen LogP contribution in [0.5, 0.6) is 5.75 Å². The number of alkyl carbamates (subject to hydrolysis) is 1. The molecule has 2 aromatic carbocycles. The third-order valence-corrected chi connectivity index (χ3v) is 9.43. The van der Waals surface area contributed by atoms with E-state index >= 15 is 0 Å². The standard InChI is InChI=1S/C35H43N7O7/c1-34(2,3)49-33(47)36-26-15-9-7-5-6-8-12-21-19-35(21,32(45)46)37-30(43)27-18-22(20-41(27)31(26)44)42-39-29(38-40-42)25-16-17-28(48-4)24-14-11-10-13-23(24)25/h8,10-14,16-17,21-22,26-27H,5-7,9,15,18-20H2,1-4H3,(H,36,47)(H,37,43)(H,45,46)/b12-8-/t21-,22+,26-,27-,35+/m0/s1. The van der Waals surface area contributed by atoms with Crippen molar-refractivity contribution in [3.63, 3.8) is 0 Å². The number of fused-ring (bicyclic) bond motifs is 3. The smallest absolute Gasteiger partial charge is 0.408 e. The number of hydrogen-bond donors (Lipinski definition) is 3. The summed E-state index contributed by atoms with van der Waals surface area (Å²) in [5.74, 6) is -1.44. The fraction of sp³-hybridized carbons (Fsp3) is 0.514. The molecule has 2 aliphatic heterocycles. The largest absolute Gasteiger partial charge is 0.496 e. The molecule has 1 saturated carbocycles. The predicted molar refractivity (Wildman–Crippen MR) is 178 cm³/mol. The number of tetrazole rings is 1. The van der Waals surface area contributed by atoms with Gasteiger partial charge in [0.2, 0.25) is 17.6 Å². The summed E-state index contributed by atoms with van der Waals surface area (Å²) in [7, 11) is 1.61. The predicted octanol–water partition coefficient (Wildman–Crippen LogP) is 4.02. The van der Waals surface area contributed by atoms with Crippen LogP contribution in [0.4, 0.5) is 4.79 Å². The number of allylic oxidation sites excluding steroid dienone is 1. The molecule has 3 amide bonds. The van der Waals surface area contributed by atoms with Gasteiger partial charge in [-0.2, -0.15) is 4.80 Å². The average Bonchev–Trinajstić information content (AvgIpc) is 3.36. The van der Waals surface area contributed by atoms with Gasteiger partial charge in [0.15, 0.2) is 0 Å². The number of benzene rings is 2. The van der Waals surface area contributed by atoms with Crippen molar-refractivity contribution in [1.29, 1.82) is 0 Å². The molecular formula is C35H43N7O7. The van der Waals surface area contributed by atoms with E-state index in [4.69, 9.17) is 9.47 Å². The van der Waals surface area contributed by atoms with Crippen LogP contribution in [0.2, 0.25) is 0 Å². The van der Waals surface area contributed by atoms with Gasteiger partial charge in [-0.05, 0) is 69.2 Å². The Morgan fingerprint density at radius 2 is 1.86 bits per heavy atom. The van der Waals surface area contributed by atoms with Gasteiger partial charge < -0.3 is 30.1 Å². The zero-order chi connectivity index (χ0) is 34.9. The third-order valence-electron chi connectivity index (χ3n) is 9.43. The van der Waals surface area contributed by atoms with Gasteiger partial charge in [0.05, 0.1) is 13.2 Å². The number of nitrogens with zero attached hydrogens (tertiary/aromatic N) is 5. The average molecular weight is 674 g/mol. The molecule has 3 heterocycles. The molecule has 6 rings (SSSR count). The lowest BCUT2D eigenvalue weighted by atomic mass is 10.0. The molecule has 260 valence electrons. The molecule has 3 N–H and O–H groups in total. The first kappa shape index (κ1) is 33.9. The van der Waals surface area contributed by atoms with Crippen molar-refractivity contribution in [2.45, 2.75) is 95.0 Å². The topological polar surface area (TPSA) is 178 Å². The second-order valence-corrected chi connectivity index (χ2v) is 14.0. The number of carbonyl (C=O) groups is 4. The highest BCUT2D eigenvalue weighted by Gasteiger charge is 2.61. The van der Waals surface area contributed by atoms with Gasteiger partial charge in [-0.3, -0.25) is 9.59 Å². The number of hydrogen-bond acceptors (Lipinski definition) is 9. The molecule has 3 aromatic rings. The summed E-state index contributed by atoms with van der Waals surface area (Å²) < 4.78 is 11.0. The number of rotatable bonds is 5. The molecule has 14 heteroatoms. The number of carboxylic acids is 1. The van der Waals surface area contributed by atoms with Crippen LogP contribution in [-0.4, -0.2) is 91.0 Å². The highest BCUT2D eigenvalue weighted by atomic mass is 16.6. The fourth-order valence-corrected chi connectivity index (χ4v) is 6.83. The van der Waals surface area contributed by atoms with E-state index < -0.39 is 53.1 Å². The molecule has 0 spiro atoms. The minimum Gasteiger partial charge on any atom is -0.496 e. The van der Waals surface area contributed by atoms with E-state index in [0.717, 1.165) is 35.6 Å². The molecule has 2 fully saturated rings. The number of amides is 3. The van der Waals surface area contributed by atoms with Crippen LogP contribution in [0.3, 0.4) is 0 Å². The number of carbonyl (C=O) groups excluding carboxylic acids is 3. The van der Waals surface area contributed by atoms with Crippen molar-refractivity contribution in [3.8, 4) is 17.1 Å². The minimum absolute atomic E-state index is 0.0476. The minimum atomic E-state index is -1.44. The van der Waals surface area contributed by atoms with Gasteiger partial charge in [0.1, 0.15) is 29.0 Å². The first-order chi connectivity index (χ1) is 23.4. The highest BCUT2D eigenvalue weighted by Crippen LogP contribution is 2.45. The Morgan fingerprint density at radius 3 is 2.59 bits per heavy atom. The van der Waals surface area contributed by atoms with Crippen LogP contribution in [-0.2, 0) is 19.1 Å². The number of ether oxygens (including phenoxy) is 2. The van der Waals surface area contributed by atoms with E-state index in [1.807, 2.05) is 48.6 Å². The van der Waals surface area contributed by atoms with Crippen LogP contribution in [0.15, 0.2) is 48.6 Å². The second-order valence-electron chi connectivity index (χ2n) is 14.0. The van der Waals surface area contributed by atoms with E-state index in [1.165, 1.54) is 9.70 Å². The zero-order valence-corrected chi connectivity index (χ0v) is 28.2. The number of aromatic nitrogens is 4. The Bertz CT molecular complexity index is 1780. The summed E-state index contributed by atoms with van der Waals surface area (Å²) >= 11 is 0. The van der Waals surface area contributed by atoms with Gasteiger partial charge in [-0.1, -0.05) is 49.3 Å². The molecule has 1 aromatic heterocycles. The lowest BCUT2D eigenvalue weighted by molar-refractivity contribution is -0.145. The summed E-state index contributed by atoms with van der Waals surface area (Å²) in [6, 6.07) is 8.86. The summed E-state index contributed by atoms with van der Waals surface area (Å²) in [5.41, 5.74) is -1.48. The van der Waals surface area contributed by atoms with Crippen molar-refractivity contribution in [1.82, 2.24) is 35.7 Å². The number of nitrogens with one attached hydrogen (secondary N) is 2. The van der Waals surface area contributed by atoms with Crippen molar-refractivity contribution >= 4 is 34.6 Å². The molecule has 0 unspecified atom stereocenters. The van der Waals surface area contributed by atoms with E-state index in [-0.39, 0.29) is 25.3 Å². The summed E-state index contributed by atoms with van der Waals surface area (Å²) in [5, 5.41) is 30.8. The maximum Gasteiger partial charge on any atom is 0.408 e. The first-order valence-electron chi connectivity index (χ1n) is 16.8. The lowest BCUT2D eigenvalue weighted by Crippen LogP contribution is -2.56. The van der Waals surface area contributed by atoms with E-state index in [2.05, 4.69) is 26.0 Å². The lowest BCUT2D eigenvalue weighted by Gasteiger charge is -2.30. The Morgan fingerprint density at radius 1 is 1.08 bits per heavy atom. The summed E-state index contributed by atoms with van der Waals surface area (Å²) in [4.78, 5) is 56.4. The molecule has 1 saturated heterocycles. The Balaban J connectivity index is 1.32. The van der Waals surface area contributed by atoms with Crippen LogP contribution in [0, 0.1) is 5.92 Å². The van der Waals surface area contributed by atoms with E-state index in [1.54, 1.807) is 27.9 Å². The van der Waals surface area contributed by atoms with Crippen LogP contribution in [0.1, 0.15) is 71.8 Å². The quantitative estimate of drug-likeness (QED) is 0.335. The van der Waals surface area contributed by atoms with Crippen LogP contribution in [0.25, 0.3) is 22.2 Å². The normalized spacial score (nSPS) is 26.8. The number of aliphatic carboxylic acids is 1. The molecule has 5 atom stereocenters. The zero-order valence-electron chi connectivity index (χ0n) is 28.2. The Kier molecular flexibility index (Phi) is 9.32. The van der Waals surface area contributed by atoms with E-state index in [9.17, 15) is 24.3 Å². The Hall–Kier alpha value is -5.01. The molecular weight excluding hydrogens is 630 g/mol. The van der Waals surface area contributed by atoms with Gasteiger partial charge in [0.25, 0.3) is 0 Å². The number of methoxy groups -OCH3 is 1. The van der Waals surface area contributed by atoms with Crippen LogP contribution >= 0.6 is 0 Å². The first-order valence-corrected chi connectivity index (χ1v) is 16.8. The third kappa shape index (κ3) is 7.08. The highest BCUT2D eigenvalue weighted by molar-refractivity contribution is 5.99. The Labute approximate surface area is 284 Å². The summed E-state index contributed by atoms with van der Waals surface area (Å²) in [6.07, 6.45) is 6.85. The molecule has 1 aliphatic carbocycles. The van der Waals surface area contributed by atoms with E-state index in [0.29, 0.717) is 24.4 Å². The molecule has 14 nitrogen and oxygen atoms in total. The van der Waals surface area contributed by atoms with Gasteiger partial charge >= 0.3 is 12.1 Å². The van der Waals surface area contributed by atoms with Gasteiger partial charge in [-0.15, -0.1) is 10.2 Å². The monoisotopic (exact) mass is 673 g/mol. The van der Waals surface area contributed by atoms with Crippen LogP contribution < -0.4 is 15.4 Å². The molecule has 49 heavy (non-hydrogen) atoms. The van der Waals surface area contributed by atoms with Gasteiger partial charge in [0, 0.05) is 29.8 Å². The van der Waals surface area contributed by atoms with Crippen molar-refractivity contribution in [2.75, 3.05) is 13.7 Å². The number of carboxylic acid groups (broad SMARTS) is 1. The summed E-state index contributed by atoms with van der Waals surface area (Å²) in [6.45, 7) is 5.26. The van der Waals surface area contributed by atoms with Crippen molar-refractivity contribution in [2.24, 2.45) is 5.92 Å². The molecule has 0 radical (unpaired) electrons. The van der Waals surface area contributed by atoms with Crippen molar-refractivity contribution < 1.29 is 33.8 Å². The van der Waals surface area contributed by atoms with Crippen molar-refractivity contribution in [3.05, 3.63) is 48.6 Å². The maximum absolute atomic E-state index is 14.3. The maximum atomic E-state index is 14.3. The fourth-order valence-electron chi connectivity index (χ4n) is 6.83. The van der Waals surface area contributed by atoms with Gasteiger partial charge in [-0.25, -0.2) is 9.59 Å². The molecule has 0 bridgehead atoms. The molecule has 3 aliphatic rings.